The van der Waals surface area contributed by atoms with Crippen molar-refractivity contribution in [2.24, 2.45) is 0 Å². The number of hydrogen-bond acceptors (Lipinski definition) is 4. The van der Waals surface area contributed by atoms with Gasteiger partial charge in [0.1, 0.15) is 5.60 Å². The molecule has 2 rings (SSSR count). The van der Waals surface area contributed by atoms with Gasteiger partial charge in [0, 0.05) is 25.8 Å². The maximum atomic E-state index is 12.6. The van der Waals surface area contributed by atoms with Crippen molar-refractivity contribution in [3.05, 3.63) is 35.4 Å². The molecule has 1 heterocycles. The summed E-state index contributed by atoms with van der Waals surface area (Å²) in [6.07, 6.45) is 1.19. The molecule has 0 spiro atoms. The highest BCUT2D eigenvalue weighted by molar-refractivity contribution is 5.87. The average molecular weight is 335 g/mol. The maximum Gasteiger partial charge on any atom is 0.410 e. The number of aromatic carboxylic acids is 1. The van der Waals surface area contributed by atoms with Gasteiger partial charge >= 0.3 is 12.1 Å². The van der Waals surface area contributed by atoms with Crippen molar-refractivity contribution in [1.82, 2.24) is 4.90 Å². The van der Waals surface area contributed by atoms with Gasteiger partial charge < -0.3 is 19.5 Å². The molecule has 6 heteroatoms. The van der Waals surface area contributed by atoms with Crippen molar-refractivity contribution in [3.63, 3.8) is 0 Å². The Morgan fingerprint density at radius 1 is 1.21 bits per heavy atom. The summed E-state index contributed by atoms with van der Waals surface area (Å²) in [5.41, 5.74) is 0.541. The first-order valence-electron chi connectivity index (χ1n) is 8.16. The van der Waals surface area contributed by atoms with Gasteiger partial charge in [-0.3, -0.25) is 0 Å². The quantitative estimate of drug-likeness (QED) is 0.913. The lowest BCUT2D eigenvalue weighted by atomic mass is 10.1. The molecule has 1 fully saturated rings. The van der Waals surface area contributed by atoms with Crippen LogP contribution in [0.4, 0.5) is 4.79 Å². The molecule has 0 aromatic heterocycles. The maximum absolute atomic E-state index is 12.6. The van der Waals surface area contributed by atoms with Crippen LogP contribution in [0.2, 0.25) is 0 Å². The van der Waals surface area contributed by atoms with E-state index in [1.54, 1.807) is 29.2 Å². The van der Waals surface area contributed by atoms with E-state index in [0.29, 0.717) is 19.8 Å². The number of nitrogens with zero attached hydrogens (tertiary/aromatic N) is 1. The van der Waals surface area contributed by atoms with E-state index in [4.69, 9.17) is 14.6 Å². The second-order valence-electron chi connectivity index (χ2n) is 6.95. The van der Waals surface area contributed by atoms with E-state index >= 15 is 0 Å². The molecule has 0 bridgehead atoms. The molecule has 1 amide bonds. The van der Waals surface area contributed by atoms with Gasteiger partial charge in [0.2, 0.25) is 0 Å². The van der Waals surface area contributed by atoms with Crippen molar-refractivity contribution in [2.45, 2.75) is 51.8 Å². The second-order valence-corrected chi connectivity index (χ2v) is 6.95. The van der Waals surface area contributed by atoms with E-state index < -0.39 is 11.6 Å². The van der Waals surface area contributed by atoms with Crippen LogP contribution >= 0.6 is 0 Å². The van der Waals surface area contributed by atoms with Gasteiger partial charge in [-0.15, -0.1) is 0 Å². The van der Waals surface area contributed by atoms with Crippen LogP contribution in [0.15, 0.2) is 24.3 Å². The third-order valence-corrected chi connectivity index (χ3v) is 3.81. The third-order valence-electron chi connectivity index (χ3n) is 3.81. The normalized spacial score (nSPS) is 15.8. The van der Waals surface area contributed by atoms with E-state index in [2.05, 4.69) is 0 Å². The number of benzene rings is 1. The fourth-order valence-corrected chi connectivity index (χ4v) is 2.61. The summed E-state index contributed by atoms with van der Waals surface area (Å²) < 4.78 is 10.9. The Bertz CT molecular complexity index is 570. The molecule has 1 aliphatic rings. The lowest BCUT2D eigenvalue weighted by molar-refractivity contribution is -0.00810. The number of ether oxygens (including phenoxy) is 2. The van der Waals surface area contributed by atoms with Crippen LogP contribution in [-0.2, 0) is 16.0 Å². The number of rotatable bonds is 4. The predicted octanol–water partition coefficient (Wildman–Crippen LogP) is 3.30. The predicted molar refractivity (Wildman–Crippen MR) is 89.0 cm³/mol. The van der Waals surface area contributed by atoms with Gasteiger partial charge in [0.05, 0.1) is 5.56 Å². The number of carboxylic acids is 1. The Balaban J connectivity index is 2.15. The number of carbonyl (C=O) groups excluding carboxylic acids is 1. The van der Waals surface area contributed by atoms with Crippen LogP contribution in [0.5, 0.6) is 0 Å². The SMILES string of the molecule is CC(C)(C)OC(=O)N(Cc1ccc(C(=O)O)cc1)C1CCOCC1. The van der Waals surface area contributed by atoms with Gasteiger partial charge in [0.25, 0.3) is 0 Å². The smallest absolute Gasteiger partial charge is 0.410 e. The number of hydrogen-bond donors (Lipinski definition) is 1. The molecule has 0 aliphatic carbocycles. The Labute approximate surface area is 142 Å². The first kappa shape index (κ1) is 18.3. The fraction of sp³-hybridized carbons (Fsp3) is 0.556. The van der Waals surface area contributed by atoms with E-state index in [1.807, 2.05) is 20.8 Å². The third kappa shape index (κ3) is 5.23. The highest BCUT2D eigenvalue weighted by atomic mass is 16.6. The number of carbonyl (C=O) groups is 2. The topological polar surface area (TPSA) is 76.1 Å². The number of amides is 1. The Kier molecular flexibility index (Phi) is 5.83. The average Bonchev–Trinajstić information content (AvgIpc) is 2.52. The lowest BCUT2D eigenvalue weighted by Gasteiger charge is -2.35. The zero-order chi connectivity index (χ0) is 17.7. The highest BCUT2D eigenvalue weighted by Crippen LogP contribution is 2.21. The highest BCUT2D eigenvalue weighted by Gasteiger charge is 2.29. The van der Waals surface area contributed by atoms with Crippen LogP contribution in [0.1, 0.15) is 49.5 Å². The van der Waals surface area contributed by atoms with Gasteiger partial charge in [-0.1, -0.05) is 12.1 Å². The minimum Gasteiger partial charge on any atom is -0.478 e. The molecule has 6 nitrogen and oxygen atoms in total. The van der Waals surface area contributed by atoms with Crippen molar-refractivity contribution >= 4 is 12.1 Å². The Hall–Kier alpha value is -2.08. The van der Waals surface area contributed by atoms with Gasteiger partial charge in [-0.05, 0) is 51.3 Å². The summed E-state index contributed by atoms with van der Waals surface area (Å²) in [4.78, 5) is 25.3. The van der Waals surface area contributed by atoms with Gasteiger partial charge in [-0.2, -0.15) is 0 Å². The first-order valence-corrected chi connectivity index (χ1v) is 8.16. The lowest BCUT2D eigenvalue weighted by Crippen LogP contribution is -2.45. The van der Waals surface area contributed by atoms with E-state index in [-0.39, 0.29) is 17.7 Å². The van der Waals surface area contributed by atoms with Gasteiger partial charge in [0.15, 0.2) is 0 Å². The van der Waals surface area contributed by atoms with Crippen molar-refractivity contribution in [3.8, 4) is 0 Å². The van der Waals surface area contributed by atoms with Gasteiger partial charge in [-0.25, -0.2) is 9.59 Å². The molecule has 0 atom stereocenters. The second kappa shape index (κ2) is 7.66. The summed E-state index contributed by atoms with van der Waals surface area (Å²) in [6.45, 7) is 7.17. The van der Waals surface area contributed by atoms with Crippen LogP contribution in [0.25, 0.3) is 0 Å². The van der Waals surface area contributed by atoms with Crippen molar-refractivity contribution < 1.29 is 24.2 Å². The summed E-state index contributed by atoms with van der Waals surface area (Å²) in [5, 5.41) is 8.98. The molecule has 1 saturated heterocycles. The molecule has 132 valence electrons. The van der Waals surface area contributed by atoms with Crippen LogP contribution in [0.3, 0.4) is 0 Å². The number of carboxylic acid groups (broad SMARTS) is 1. The summed E-state index contributed by atoms with van der Waals surface area (Å²) >= 11 is 0. The van der Waals surface area contributed by atoms with E-state index in [1.165, 1.54) is 0 Å². The van der Waals surface area contributed by atoms with Crippen molar-refractivity contribution in [1.29, 1.82) is 0 Å². The standard InChI is InChI=1S/C18H25NO5/c1-18(2,3)24-17(22)19(15-8-10-23-11-9-15)12-13-4-6-14(7-5-13)16(20)21/h4-7,15H,8-12H2,1-3H3,(H,20,21). The molecule has 1 aliphatic heterocycles. The molecular formula is C18H25NO5. The minimum absolute atomic E-state index is 0.0627. The molecule has 0 unspecified atom stereocenters. The molecule has 24 heavy (non-hydrogen) atoms. The monoisotopic (exact) mass is 335 g/mol. The summed E-state index contributed by atoms with van der Waals surface area (Å²) in [5.74, 6) is -0.963. The zero-order valence-corrected chi connectivity index (χ0v) is 14.4. The molecule has 1 aromatic rings. The molecule has 1 aromatic carbocycles. The van der Waals surface area contributed by atoms with Crippen LogP contribution in [0, 0.1) is 0 Å². The molecule has 1 N–H and O–H groups in total. The Morgan fingerprint density at radius 2 is 1.79 bits per heavy atom. The summed E-state index contributed by atoms with van der Waals surface area (Å²) in [6, 6.07) is 6.64. The molecular weight excluding hydrogens is 310 g/mol. The molecule has 0 saturated carbocycles. The first-order chi connectivity index (χ1) is 11.3. The largest absolute Gasteiger partial charge is 0.478 e. The Morgan fingerprint density at radius 3 is 2.29 bits per heavy atom. The van der Waals surface area contributed by atoms with Crippen LogP contribution < -0.4 is 0 Å². The summed E-state index contributed by atoms with van der Waals surface area (Å²) in [7, 11) is 0. The van der Waals surface area contributed by atoms with E-state index in [0.717, 1.165) is 18.4 Å². The molecule has 0 radical (unpaired) electrons. The van der Waals surface area contributed by atoms with Crippen LogP contribution in [-0.4, -0.2) is 46.9 Å². The van der Waals surface area contributed by atoms with E-state index in [9.17, 15) is 9.59 Å². The van der Waals surface area contributed by atoms with Crippen molar-refractivity contribution in [2.75, 3.05) is 13.2 Å². The zero-order valence-electron chi connectivity index (χ0n) is 14.4. The fourth-order valence-electron chi connectivity index (χ4n) is 2.61. The minimum atomic E-state index is -0.963.